The number of hydrogen-bond donors (Lipinski definition) is 0. The molecule has 0 saturated carbocycles. The first kappa shape index (κ1) is 64.1. The number of esters is 3. The average Bonchev–Trinajstić information content (AvgIpc) is 3.34. The Morgan fingerprint density at radius 2 is 0.574 bits per heavy atom. The fourth-order valence-electron chi connectivity index (χ4n) is 7.33. The van der Waals surface area contributed by atoms with E-state index in [2.05, 4.69) is 130 Å². The molecule has 0 heterocycles. The fourth-order valence-corrected chi connectivity index (χ4v) is 7.33. The molecule has 0 aliphatic carbocycles. The summed E-state index contributed by atoms with van der Waals surface area (Å²) in [6, 6.07) is 0. The van der Waals surface area contributed by atoms with Crippen LogP contribution in [-0.2, 0) is 28.6 Å². The van der Waals surface area contributed by atoms with Crippen LogP contribution < -0.4 is 0 Å². The molecular formula is C62H102O6. The average molecular weight is 943 g/mol. The summed E-state index contributed by atoms with van der Waals surface area (Å²) >= 11 is 0. The van der Waals surface area contributed by atoms with Gasteiger partial charge in [0.05, 0.1) is 0 Å². The topological polar surface area (TPSA) is 78.9 Å². The molecule has 0 aromatic carbocycles. The molecule has 0 rings (SSSR count). The Hall–Kier alpha value is -3.93. The number of allylic oxidation sites excluding steroid dienone is 18. The Morgan fingerprint density at radius 3 is 0.926 bits per heavy atom. The third-order valence-electron chi connectivity index (χ3n) is 11.5. The van der Waals surface area contributed by atoms with Crippen LogP contribution in [0.5, 0.6) is 0 Å². The number of hydrogen-bond acceptors (Lipinski definition) is 6. The van der Waals surface area contributed by atoms with Crippen molar-refractivity contribution in [2.24, 2.45) is 0 Å². The summed E-state index contributed by atoms with van der Waals surface area (Å²) in [5.74, 6) is -0.964. The Labute approximate surface area is 419 Å². The van der Waals surface area contributed by atoms with Crippen LogP contribution in [0.2, 0.25) is 0 Å². The van der Waals surface area contributed by atoms with E-state index in [0.29, 0.717) is 19.3 Å². The van der Waals surface area contributed by atoms with E-state index in [1.54, 1.807) is 0 Å². The fraction of sp³-hybridized carbons (Fsp3) is 0.661. The summed E-state index contributed by atoms with van der Waals surface area (Å²) in [6.45, 7) is 6.40. The van der Waals surface area contributed by atoms with Gasteiger partial charge in [-0.15, -0.1) is 0 Å². The molecule has 68 heavy (non-hydrogen) atoms. The zero-order chi connectivity index (χ0) is 49.3. The molecule has 0 amide bonds. The highest BCUT2D eigenvalue weighted by molar-refractivity contribution is 5.71. The minimum Gasteiger partial charge on any atom is -0.462 e. The van der Waals surface area contributed by atoms with E-state index in [0.717, 1.165) is 109 Å². The minimum absolute atomic E-state index is 0.0999. The third-order valence-corrected chi connectivity index (χ3v) is 11.5. The van der Waals surface area contributed by atoms with Gasteiger partial charge in [-0.1, -0.05) is 226 Å². The van der Waals surface area contributed by atoms with Gasteiger partial charge < -0.3 is 14.2 Å². The molecule has 0 radical (unpaired) electrons. The largest absolute Gasteiger partial charge is 0.462 e. The predicted molar refractivity (Wildman–Crippen MR) is 293 cm³/mol. The summed E-state index contributed by atoms with van der Waals surface area (Å²) in [7, 11) is 0. The van der Waals surface area contributed by atoms with Crippen molar-refractivity contribution >= 4 is 17.9 Å². The Morgan fingerprint density at radius 1 is 0.309 bits per heavy atom. The standard InChI is InChI=1S/C62H102O6/c1-4-7-10-13-16-18-20-22-24-26-28-30-31-33-34-36-38-40-42-44-46-49-52-55-61(64)67-58-59(57-66-60(63)54-51-48-15-12-9-6-3)68-62(65)56-53-50-47-45-43-41-39-37-35-32-29-27-25-23-21-19-17-14-11-8-5-2/h8,11,17,19-20,22-23,25-26,28-29,31-33,37,39,43,45,59H,4-7,9-10,12-16,18,21,24,27,30,34-36,38,40-42,44,46-58H2,1-3H3/b11-8-,19-17-,22-20-,25-23-,28-26-,32-29-,33-31-,39-37-,45-43-. The number of ether oxygens (including phenoxy) is 3. The van der Waals surface area contributed by atoms with Crippen molar-refractivity contribution in [1.29, 1.82) is 0 Å². The van der Waals surface area contributed by atoms with Crippen molar-refractivity contribution in [3.63, 3.8) is 0 Å². The predicted octanol–water partition coefficient (Wildman–Crippen LogP) is 18.7. The molecule has 0 aliphatic heterocycles. The first-order chi connectivity index (χ1) is 33.5. The van der Waals surface area contributed by atoms with Gasteiger partial charge >= 0.3 is 17.9 Å². The highest BCUT2D eigenvalue weighted by Gasteiger charge is 2.19. The van der Waals surface area contributed by atoms with Crippen LogP contribution in [-0.4, -0.2) is 37.2 Å². The molecule has 0 aromatic rings. The van der Waals surface area contributed by atoms with E-state index in [4.69, 9.17) is 14.2 Å². The highest BCUT2D eigenvalue weighted by Crippen LogP contribution is 2.13. The van der Waals surface area contributed by atoms with E-state index in [1.165, 1.54) is 89.9 Å². The van der Waals surface area contributed by atoms with Crippen molar-refractivity contribution in [2.45, 2.75) is 252 Å². The van der Waals surface area contributed by atoms with Crippen LogP contribution in [0.3, 0.4) is 0 Å². The highest BCUT2D eigenvalue weighted by atomic mass is 16.6. The molecule has 0 saturated heterocycles. The zero-order valence-corrected chi connectivity index (χ0v) is 44.1. The van der Waals surface area contributed by atoms with Gasteiger partial charge in [0.15, 0.2) is 6.10 Å². The van der Waals surface area contributed by atoms with Crippen molar-refractivity contribution in [3.8, 4) is 0 Å². The van der Waals surface area contributed by atoms with E-state index in [9.17, 15) is 14.4 Å². The zero-order valence-electron chi connectivity index (χ0n) is 44.1. The van der Waals surface area contributed by atoms with Crippen LogP contribution >= 0.6 is 0 Å². The van der Waals surface area contributed by atoms with E-state index in [1.807, 2.05) is 0 Å². The van der Waals surface area contributed by atoms with Crippen LogP contribution in [0, 0.1) is 0 Å². The first-order valence-electron chi connectivity index (χ1n) is 27.9. The Balaban J connectivity index is 4.28. The maximum atomic E-state index is 12.8. The van der Waals surface area contributed by atoms with Crippen molar-refractivity contribution in [2.75, 3.05) is 13.2 Å². The van der Waals surface area contributed by atoms with E-state index < -0.39 is 6.10 Å². The van der Waals surface area contributed by atoms with E-state index in [-0.39, 0.29) is 37.5 Å². The van der Waals surface area contributed by atoms with E-state index >= 15 is 0 Å². The molecule has 1 unspecified atom stereocenters. The van der Waals surface area contributed by atoms with Gasteiger partial charge in [-0.3, -0.25) is 14.4 Å². The summed E-state index contributed by atoms with van der Waals surface area (Å²) in [6.07, 6.45) is 75.4. The van der Waals surface area contributed by atoms with Crippen molar-refractivity contribution in [3.05, 3.63) is 109 Å². The minimum atomic E-state index is -0.803. The molecule has 6 heteroatoms. The van der Waals surface area contributed by atoms with Crippen molar-refractivity contribution in [1.82, 2.24) is 0 Å². The van der Waals surface area contributed by atoms with Gasteiger partial charge in [0, 0.05) is 19.3 Å². The maximum Gasteiger partial charge on any atom is 0.306 e. The summed E-state index contributed by atoms with van der Waals surface area (Å²) in [5, 5.41) is 0. The molecular weight excluding hydrogens is 841 g/mol. The van der Waals surface area contributed by atoms with Gasteiger partial charge in [-0.05, 0) is 109 Å². The van der Waals surface area contributed by atoms with Crippen LogP contribution in [0.15, 0.2) is 109 Å². The summed E-state index contributed by atoms with van der Waals surface area (Å²) < 4.78 is 16.7. The lowest BCUT2D eigenvalue weighted by Gasteiger charge is -2.18. The molecule has 0 aromatic heterocycles. The third kappa shape index (κ3) is 53.0. The van der Waals surface area contributed by atoms with Gasteiger partial charge in [0.1, 0.15) is 13.2 Å². The lowest BCUT2D eigenvalue weighted by atomic mass is 10.1. The quantitative estimate of drug-likeness (QED) is 0.0262. The molecule has 1 atom stereocenters. The molecule has 0 spiro atoms. The van der Waals surface area contributed by atoms with Gasteiger partial charge in [-0.2, -0.15) is 0 Å². The monoisotopic (exact) mass is 943 g/mol. The first-order valence-corrected chi connectivity index (χ1v) is 27.9. The van der Waals surface area contributed by atoms with Crippen LogP contribution in [0.25, 0.3) is 0 Å². The number of unbranched alkanes of at least 4 members (excludes halogenated alkanes) is 20. The van der Waals surface area contributed by atoms with Crippen LogP contribution in [0.4, 0.5) is 0 Å². The molecule has 6 nitrogen and oxygen atoms in total. The maximum absolute atomic E-state index is 12.8. The smallest absolute Gasteiger partial charge is 0.306 e. The number of rotatable bonds is 49. The van der Waals surface area contributed by atoms with Gasteiger partial charge in [0.2, 0.25) is 0 Å². The summed E-state index contributed by atoms with van der Waals surface area (Å²) in [4.78, 5) is 37.8. The lowest BCUT2D eigenvalue weighted by molar-refractivity contribution is -0.167. The molecule has 0 fully saturated rings. The molecule has 386 valence electrons. The Bertz CT molecular complexity index is 1410. The summed E-state index contributed by atoms with van der Waals surface area (Å²) in [5.41, 5.74) is 0. The molecule has 0 aliphatic rings. The number of carbonyl (C=O) groups is 3. The normalized spacial score (nSPS) is 12.9. The lowest BCUT2D eigenvalue weighted by Crippen LogP contribution is -2.30. The van der Waals surface area contributed by atoms with Gasteiger partial charge in [0.25, 0.3) is 0 Å². The van der Waals surface area contributed by atoms with Gasteiger partial charge in [-0.25, -0.2) is 0 Å². The van der Waals surface area contributed by atoms with Crippen LogP contribution in [0.1, 0.15) is 245 Å². The second kappa shape index (κ2) is 55.7. The number of carbonyl (C=O) groups excluding carboxylic acids is 3. The SMILES string of the molecule is CC/C=C\C/C=C\C/C=C\C/C=C\C/C=C\C/C=C\CCCCC(=O)OC(COC(=O)CCCCCCCC)COC(=O)CCCCCCCCCC/C=C\C/C=C\C/C=C\CCCCCCC. The van der Waals surface area contributed by atoms with Crippen molar-refractivity contribution < 1.29 is 28.6 Å². The second-order valence-electron chi connectivity index (χ2n) is 18.1. The Kier molecular flexibility index (Phi) is 52.4. The molecule has 0 N–H and O–H groups in total. The second-order valence-corrected chi connectivity index (χ2v) is 18.1. The molecule has 0 bridgehead atoms.